The maximum atomic E-state index is 5.84. The molecule has 0 unspecified atom stereocenters. The molecule has 0 saturated heterocycles. The topological polar surface area (TPSA) is 43.4 Å². The quantitative estimate of drug-likeness (QED) is 0.759. The van der Waals surface area contributed by atoms with E-state index in [1.165, 1.54) is 5.56 Å². The number of methoxy groups -OCH3 is 1. The Kier molecular flexibility index (Phi) is 5.83. The lowest BCUT2D eigenvalue weighted by Crippen LogP contribution is -2.13. The molecule has 20 heavy (non-hydrogen) atoms. The number of aromatic nitrogens is 1. The van der Waals surface area contributed by atoms with E-state index in [2.05, 4.69) is 23.3 Å². The summed E-state index contributed by atoms with van der Waals surface area (Å²) in [5.41, 5.74) is 3.00. The molecule has 0 atom stereocenters. The van der Waals surface area contributed by atoms with E-state index in [0.717, 1.165) is 35.9 Å². The van der Waals surface area contributed by atoms with E-state index in [9.17, 15) is 0 Å². The maximum Gasteiger partial charge on any atom is 0.162 e. The lowest BCUT2D eigenvalue weighted by molar-refractivity contribution is 0.286. The Balaban J connectivity index is 2.02. The molecule has 0 radical (unpaired) electrons. The molecular weight excluding hydrogens is 272 g/mol. The van der Waals surface area contributed by atoms with Gasteiger partial charge in [-0.25, -0.2) is 0 Å². The third kappa shape index (κ3) is 4.21. The second-order valence-corrected chi connectivity index (χ2v) is 5.39. The standard InChI is InChI=1S/C15H20N2O2S/c1-3-6-16-8-12-4-5-14(18-2)15(7-12)19-10-13-9-17-11-20-13/h4-5,7,9,11,16H,3,6,8,10H2,1-2H3. The van der Waals surface area contributed by atoms with Crippen molar-refractivity contribution >= 4 is 11.3 Å². The van der Waals surface area contributed by atoms with Gasteiger partial charge in [-0.2, -0.15) is 0 Å². The highest BCUT2D eigenvalue weighted by atomic mass is 32.1. The van der Waals surface area contributed by atoms with Gasteiger partial charge in [-0.05, 0) is 30.7 Å². The molecule has 0 fully saturated rings. The first-order chi connectivity index (χ1) is 9.83. The van der Waals surface area contributed by atoms with Crippen molar-refractivity contribution in [1.82, 2.24) is 10.3 Å². The molecule has 0 saturated carbocycles. The summed E-state index contributed by atoms with van der Waals surface area (Å²) in [6, 6.07) is 6.04. The van der Waals surface area contributed by atoms with Gasteiger partial charge >= 0.3 is 0 Å². The predicted octanol–water partition coefficient (Wildman–Crippen LogP) is 3.23. The minimum atomic E-state index is 0.521. The summed E-state index contributed by atoms with van der Waals surface area (Å²) in [5, 5.41) is 3.38. The van der Waals surface area contributed by atoms with Crippen molar-refractivity contribution in [3.05, 3.63) is 40.3 Å². The van der Waals surface area contributed by atoms with E-state index in [4.69, 9.17) is 9.47 Å². The first-order valence-corrected chi connectivity index (χ1v) is 7.59. The molecule has 4 nitrogen and oxygen atoms in total. The second kappa shape index (κ2) is 7.87. The zero-order chi connectivity index (χ0) is 14.2. The minimum absolute atomic E-state index is 0.521. The van der Waals surface area contributed by atoms with Crippen LogP contribution in [0.1, 0.15) is 23.8 Å². The van der Waals surface area contributed by atoms with Crippen LogP contribution in [0.4, 0.5) is 0 Å². The van der Waals surface area contributed by atoms with Crippen LogP contribution in [0.2, 0.25) is 0 Å². The molecule has 108 valence electrons. The summed E-state index contributed by atoms with van der Waals surface area (Å²) in [6.07, 6.45) is 2.95. The van der Waals surface area contributed by atoms with Crippen molar-refractivity contribution in [3.63, 3.8) is 0 Å². The highest BCUT2D eigenvalue weighted by Gasteiger charge is 2.07. The van der Waals surface area contributed by atoms with E-state index < -0.39 is 0 Å². The van der Waals surface area contributed by atoms with Crippen molar-refractivity contribution in [3.8, 4) is 11.5 Å². The Morgan fingerprint density at radius 3 is 2.90 bits per heavy atom. The smallest absolute Gasteiger partial charge is 0.162 e. The number of ether oxygens (including phenoxy) is 2. The Morgan fingerprint density at radius 1 is 1.30 bits per heavy atom. The average Bonchev–Trinajstić information content (AvgIpc) is 2.99. The second-order valence-electron chi connectivity index (χ2n) is 4.42. The van der Waals surface area contributed by atoms with Gasteiger partial charge in [-0.3, -0.25) is 4.98 Å². The fourth-order valence-electron chi connectivity index (χ4n) is 1.82. The van der Waals surface area contributed by atoms with Gasteiger partial charge in [0.25, 0.3) is 0 Å². The molecule has 5 heteroatoms. The van der Waals surface area contributed by atoms with Crippen LogP contribution in [0, 0.1) is 0 Å². The summed E-state index contributed by atoms with van der Waals surface area (Å²) in [6.45, 7) is 4.54. The van der Waals surface area contributed by atoms with Crippen LogP contribution in [0.5, 0.6) is 11.5 Å². The first kappa shape index (κ1) is 14.8. The summed E-state index contributed by atoms with van der Waals surface area (Å²) in [5.74, 6) is 1.53. The lowest BCUT2D eigenvalue weighted by Gasteiger charge is -2.12. The van der Waals surface area contributed by atoms with E-state index in [1.54, 1.807) is 24.0 Å². The van der Waals surface area contributed by atoms with Gasteiger partial charge < -0.3 is 14.8 Å². The Morgan fingerprint density at radius 2 is 2.20 bits per heavy atom. The summed E-state index contributed by atoms with van der Waals surface area (Å²) in [7, 11) is 1.66. The van der Waals surface area contributed by atoms with Crippen LogP contribution >= 0.6 is 11.3 Å². The lowest BCUT2D eigenvalue weighted by atomic mass is 10.2. The van der Waals surface area contributed by atoms with Crippen LogP contribution in [0.15, 0.2) is 29.9 Å². The van der Waals surface area contributed by atoms with Crippen LogP contribution in [-0.2, 0) is 13.2 Å². The fourth-order valence-corrected chi connectivity index (χ4v) is 2.32. The van der Waals surface area contributed by atoms with Crippen molar-refractivity contribution in [1.29, 1.82) is 0 Å². The summed E-state index contributed by atoms with van der Waals surface area (Å²) in [4.78, 5) is 5.14. The number of nitrogens with one attached hydrogen (secondary N) is 1. The van der Waals surface area contributed by atoms with Crippen molar-refractivity contribution in [2.45, 2.75) is 26.5 Å². The SMILES string of the molecule is CCCNCc1ccc(OC)c(OCc2cncs2)c1. The van der Waals surface area contributed by atoms with Crippen LogP contribution < -0.4 is 14.8 Å². The van der Waals surface area contributed by atoms with Gasteiger partial charge in [0.2, 0.25) is 0 Å². The van der Waals surface area contributed by atoms with Crippen LogP contribution in [0.3, 0.4) is 0 Å². The van der Waals surface area contributed by atoms with Crippen LogP contribution in [-0.4, -0.2) is 18.6 Å². The molecule has 0 aliphatic carbocycles. The molecule has 2 aromatic rings. The number of nitrogens with zero attached hydrogens (tertiary/aromatic N) is 1. The van der Waals surface area contributed by atoms with Gasteiger partial charge in [-0.15, -0.1) is 11.3 Å². The molecule has 0 amide bonds. The average molecular weight is 292 g/mol. The molecule has 1 N–H and O–H groups in total. The van der Waals surface area contributed by atoms with Crippen molar-refractivity contribution in [2.75, 3.05) is 13.7 Å². The molecule has 0 bridgehead atoms. The molecule has 0 aliphatic rings. The van der Waals surface area contributed by atoms with Crippen molar-refractivity contribution < 1.29 is 9.47 Å². The van der Waals surface area contributed by atoms with Gasteiger partial charge in [0.15, 0.2) is 11.5 Å². The third-order valence-corrected chi connectivity index (χ3v) is 3.59. The van der Waals surface area contributed by atoms with E-state index >= 15 is 0 Å². The Labute approximate surface area is 123 Å². The number of thiazole rings is 1. The monoisotopic (exact) mass is 292 g/mol. The summed E-state index contributed by atoms with van der Waals surface area (Å²) < 4.78 is 11.2. The summed E-state index contributed by atoms with van der Waals surface area (Å²) >= 11 is 1.59. The molecule has 1 heterocycles. The van der Waals surface area contributed by atoms with Gasteiger partial charge in [0, 0.05) is 12.7 Å². The fraction of sp³-hybridized carbons (Fsp3) is 0.400. The van der Waals surface area contributed by atoms with E-state index in [-0.39, 0.29) is 0 Å². The Hall–Kier alpha value is -1.59. The van der Waals surface area contributed by atoms with E-state index in [1.807, 2.05) is 18.3 Å². The largest absolute Gasteiger partial charge is 0.493 e. The first-order valence-electron chi connectivity index (χ1n) is 6.71. The van der Waals surface area contributed by atoms with Gasteiger partial charge in [0.05, 0.1) is 17.5 Å². The zero-order valence-electron chi connectivity index (χ0n) is 11.9. The molecular formula is C15H20N2O2S. The highest BCUT2D eigenvalue weighted by Crippen LogP contribution is 2.29. The van der Waals surface area contributed by atoms with Gasteiger partial charge in [0.1, 0.15) is 6.61 Å². The third-order valence-electron chi connectivity index (χ3n) is 2.84. The molecule has 2 rings (SSSR count). The normalized spacial score (nSPS) is 10.5. The maximum absolute atomic E-state index is 5.84. The number of benzene rings is 1. The molecule has 1 aromatic carbocycles. The number of hydrogen-bond acceptors (Lipinski definition) is 5. The minimum Gasteiger partial charge on any atom is -0.493 e. The van der Waals surface area contributed by atoms with Crippen molar-refractivity contribution in [2.24, 2.45) is 0 Å². The molecule has 0 aliphatic heterocycles. The van der Waals surface area contributed by atoms with Gasteiger partial charge in [-0.1, -0.05) is 13.0 Å². The van der Waals surface area contributed by atoms with E-state index in [0.29, 0.717) is 6.61 Å². The Bertz CT molecular complexity index is 515. The predicted molar refractivity (Wildman–Crippen MR) is 81.4 cm³/mol. The zero-order valence-corrected chi connectivity index (χ0v) is 12.7. The molecule has 0 spiro atoms. The highest BCUT2D eigenvalue weighted by molar-refractivity contribution is 7.09. The van der Waals surface area contributed by atoms with Crippen LogP contribution in [0.25, 0.3) is 0 Å². The number of hydrogen-bond donors (Lipinski definition) is 1. The number of rotatable bonds is 8. The molecule has 1 aromatic heterocycles.